The number of benzene rings is 2. The normalized spacial score (nSPS) is 14.6. The van der Waals surface area contributed by atoms with Crippen molar-refractivity contribution in [1.29, 1.82) is 0 Å². The van der Waals surface area contributed by atoms with Crippen LogP contribution in [0.3, 0.4) is 0 Å². The number of nitrogens with zero attached hydrogens (tertiary/aromatic N) is 2. The van der Waals surface area contributed by atoms with E-state index in [1.807, 2.05) is 12.1 Å². The predicted molar refractivity (Wildman–Crippen MR) is 120 cm³/mol. The van der Waals surface area contributed by atoms with E-state index < -0.39 is 15.9 Å². The number of hydrogen-bond donors (Lipinski definition) is 2. The van der Waals surface area contributed by atoms with Crippen LogP contribution in [-0.2, 0) is 16.6 Å². The van der Waals surface area contributed by atoms with Crippen LogP contribution in [0.1, 0.15) is 41.6 Å². The summed E-state index contributed by atoms with van der Waals surface area (Å²) >= 11 is 5.93. The molecule has 162 valence electrons. The van der Waals surface area contributed by atoms with Crippen LogP contribution in [0.25, 0.3) is 0 Å². The van der Waals surface area contributed by atoms with Crippen LogP contribution in [0.15, 0.2) is 65.7 Å². The number of rotatable bonds is 7. The first-order chi connectivity index (χ1) is 14.9. The van der Waals surface area contributed by atoms with Crippen molar-refractivity contribution in [2.24, 2.45) is 0 Å². The molecule has 1 heterocycles. The van der Waals surface area contributed by atoms with Crippen molar-refractivity contribution in [3.8, 4) is 0 Å². The Balaban J connectivity index is 1.48. The van der Waals surface area contributed by atoms with E-state index in [1.165, 1.54) is 12.1 Å². The van der Waals surface area contributed by atoms with Gasteiger partial charge in [-0.1, -0.05) is 42.6 Å². The average Bonchev–Trinajstić information content (AvgIpc) is 3.42. The molecule has 0 aliphatic heterocycles. The van der Waals surface area contributed by atoms with Gasteiger partial charge in [0.15, 0.2) is 0 Å². The van der Waals surface area contributed by atoms with Crippen molar-refractivity contribution in [2.45, 2.75) is 43.2 Å². The quantitative estimate of drug-likeness (QED) is 0.558. The Hall–Kier alpha value is -2.68. The molecule has 0 unspecified atom stereocenters. The highest BCUT2D eigenvalue weighted by molar-refractivity contribution is 7.89. The zero-order valence-corrected chi connectivity index (χ0v) is 18.4. The van der Waals surface area contributed by atoms with E-state index in [4.69, 9.17) is 11.6 Å². The molecule has 0 saturated heterocycles. The summed E-state index contributed by atoms with van der Waals surface area (Å²) in [5.74, 6) is 0.105. The van der Waals surface area contributed by atoms with Crippen molar-refractivity contribution in [2.75, 3.05) is 5.32 Å². The molecule has 1 aliphatic rings. The van der Waals surface area contributed by atoms with E-state index in [0.717, 1.165) is 31.2 Å². The van der Waals surface area contributed by atoms with E-state index >= 15 is 0 Å². The van der Waals surface area contributed by atoms with Crippen molar-refractivity contribution in [1.82, 2.24) is 14.5 Å². The Kier molecular flexibility index (Phi) is 6.41. The first-order valence-corrected chi connectivity index (χ1v) is 12.0. The van der Waals surface area contributed by atoms with Crippen LogP contribution in [-0.4, -0.2) is 30.1 Å². The highest BCUT2D eigenvalue weighted by Gasteiger charge is 2.23. The minimum absolute atomic E-state index is 0.0373. The molecule has 1 saturated carbocycles. The summed E-state index contributed by atoms with van der Waals surface area (Å²) in [6, 6.07) is 15.1. The fourth-order valence-electron chi connectivity index (χ4n) is 3.65. The van der Waals surface area contributed by atoms with Gasteiger partial charge in [-0.25, -0.2) is 17.8 Å². The summed E-state index contributed by atoms with van der Waals surface area (Å²) in [4.78, 5) is 12.9. The number of carbonyl (C=O) groups excluding carboxylic acids is 1. The number of halogens is 1. The molecule has 1 aliphatic carbocycles. The molecular weight excluding hydrogens is 436 g/mol. The molecule has 31 heavy (non-hydrogen) atoms. The fraction of sp³-hybridized carbons (Fsp3) is 0.273. The number of amides is 1. The number of anilines is 1. The highest BCUT2D eigenvalue weighted by Crippen LogP contribution is 2.21. The lowest BCUT2D eigenvalue weighted by atomic mass is 10.2. The van der Waals surface area contributed by atoms with Gasteiger partial charge >= 0.3 is 0 Å². The molecule has 1 amide bonds. The number of hydrogen-bond acceptors (Lipinski definition) is 4. The topological polar surface area (TPSA) is 93.1 Å². The van der Waals surface area contributed by atoms with Crippen molar-refractivity contribution >= 4 is 33.3 Å². The number of sulfonamides is 1. The van der Waals surface area contributed by atoms with Crippen molar-refractivity contribution < 1.29 is 13.2 Å². The van der Waals surface area contributed by atoms with Crippen LogP contribution in [0.2, 0.25) is 5.02 Å². The molecule has 0 bridgehead atoms. The second kappa shape index (κ2) is 9.21. The summed E-state index contributed by atoms with van der Waals surface area (Å²) in [6.45, 7) is 0.458. The van der Waals surface area contributed by atoms with Crippen molar-refractivity contribution in [3.05, 3.63) is 76.9 Å². The lowest BCUT2D eigenvalue weighted by Gasteiger charge is -2.13. The van der Waals surface area contributed by atoms with Gasteiger partial charge in [0.1, 0.15) is 5.82 Å². The number of aromatic nitrogens is 2. The van der Waals surface area contributed by atoms with Crippen LogP contribution in [0.5, 0.6) is 0 Å². The minimum Gasteiger partial charge on any atom is -0.307 e. The van der Waals surface area contributed by atoms with Gasteiger partial charge in [0, 0.05) is 22.7 Å². The van der Waals surface area contributed by atoms with E-state index in [2.05, 4.69) is 15.1 Å². The van der Waals surface area contributed by atoms with Crippen LogP contribution in [0.4, 0.5) is 5.82 Å². The standard InChI is InChI=1S/C22H23ClN4O3S/c23-18-10-8-16(9-11-18)15-27-21(12-13-24-27)25-22(28)17-4-3-7-20(14-17)31(29,30)26-19-5-1-2-6-19/h3-4,7-14,19,26H,1-2,5-6,15H2,(H,25,28). The Bertz CT molecular complexity index is 1170. The molecule has 3 aromatic rings. The summed E-state index contributed by atoms with van der Waals surface area (Å²) in [7, 11) is -3.67. The summed E-state index contributed by atoms with van der Waals surface area (Å²) in [5, 5.41) is 7.72. The lowest BCUT2D eigenvalue weighted by Crippen LogP contribution is -2.32. The molecule has 0 spiro atoms. The maximum atomic E-state index is 12.8. The van der Waals surface area contributed by atoms with Gasteiger partial charge in [-0.2, -0.15) is 5.10 Å². The van der Waals surface area contributed by atoms with Crippen LogP contribution < -0.4 is 10.0 Å². The zero-order chi connectivity index (χ0) is 21.8. The maximum absolute atomic E-state index is 12.8. The predicted octanol–water partition coefficient (Wildman–Crippen LogP) is 4.06. The fourth-order valence-corrected chi connectivity index (χ4v) is 5.13. The molecule has 9 heteroatoms. The van der Waals surface area contributed by atoms with E-state index in [0.29, 0.717) is 17.4 Å². The van der Waals surface area contributed by atoms with E-state index in [9.17, 15) is 13.2 Å². The molecule has 7 nitrogen and oxygen atoms in total. The molecule has 2 N–H and O–H groups in total. The second-order valence-corrected chi connectivity index (χ2v) is 9.74. The third-order valence-corrected chi connectivity index (χ3v) is 7.06. The van der Waals surface area contributed by atoms with Gasteiger partial charge in [0.05, 0.1) is 17.6 Å². The Morgan fingerprint density at radius 2 is 1.84 bits per heavy atom. The van der Waals surface area contributed by atoms with Crippen LogP contribution >= 0.6 is 11.6 Å². The first kappa shape index (κ1) is 21.5. The van der Waals surface area contributed by atoms with E-state index in [-0.39, 0.29) is 16.5 Å². The van der Waals surface area contributed by atoms with Crippen molar-refractivity contribution in [3.63, 3.8) is 0 Å². The third kappa shape index (κ3) is 5.33. The SMILES string of the molecule is O=C(Nc1ccnn1Cc1ccc(Cl)cc1)c1cccc(S(=O)(=O)NC2CCCC2)c1. The Morgan fingerprint density at radius 1 is 1.10 bits per heavy atom. The largest absolute Gasteiger partial charge is 0.307 e. The molecule has 1 aromatic heterocycles. The molecule has 4 rings (SSSR count). The third-order valence-electron chi connectivity index (χ3n) is 5.29. The average molecular weight is 459 g/mol. The highest BCUT2D eigenvalue weighted by atomic mass is 35.5. The van der Waals surface area contributed by atoms with Gasteiger partial charge in [0.2, 0.25) is 10.0 Å². The van der Waals surface area contributed by atoms with Gasteiger partial charge in [0.25, 0.3) is 5.91 Å². The molecule has 0 radical (unpaired) electrons. The molecular formula is C22H23ClN4O3S. The van der Waals surface area contributed by atoms with Gasteiger partial charge in [-0.05, 0) is 48.7 Å². The first-order valence-electron chi connectivity index (χ1n) is 10.1. The van der Waals surface area contributed by atoms with Gasteiger partial charge in [-0.15, -0.1) is 0 Å². The number of nitrogens with one attached hydrogen (secondary N) is 2. The maximum Gasteiger partial charge on any atom is 0.256 e. The second-order valence-electron chi connectivity index (χ2n) is 7.59. The van der Waals surface area contributed by atoms with Gasteiger partial charge < -0.3 is 5.32 Å². The van der Waals surface area contributed by atoms with Gasteiger partial charge in [-0.3, -0.25) is 4.79 Å². The molecule has 1 fully saturated rings. The van der Waals surface area contributed by atoms with E-state index in [1.54, 1.807) is 41.2 Å². The monoisotopic (exact) mass is 458 g/mol. The zero-order valence-electron chi connectivity index (χ0n) is 16.8. The van der Waals surface area contributed by atoms with Crippen LogP contribution in [0, 0.1) is 0 Å². The Labute approximate surface area is 186 Å². The lowest BCUT2D eigenvalue weighted by molar-refractivity contribution is 0.102. The minimum atomic E-state index is -3.67. The molecule has 0 atom stereocenters. The smallest absolute Gasteiger partial charge is 0.256 e. The summed E-state index contributed by atoms with van der Waals surface area (Å²) < 4.78 is 29.8. The summed E-state index contributed by atoms with van der Waals surface area (Å²) in [5.41, 5.74) is 1.24. The number of carbonyl (C=O) groups is 1. The molecule has 2 aromatic carbocycles. The Morgan fingerprint density at radius 3 is 2.58 bits per heavy atom. The summed E-state index contributed by atoms with van der Waals surface area (Å²) in [6.07, 6.45) is 5.34.